The quantitative estimate of drug-likeness (QED) is 0.172. The Morgan fingerprint density at radius 1 is 0.434 bits per heavy atom. The predicted octanol–water partition coefficient (Wildman–Crippen LogP) is 12.9. The molecule has 3 atom stereocenters. The maximum Gasteiger partial charge on any atom is 0.0712 e. The van der Waals surface area contributed by atoms with Crippen molar-refractivity contribution >= 4 is 5.69 Å². The van der Waals surface area contributed by atoms with Gasteiger partial charge < -0.3 is 4.90 Å². The molecule has 2 heterocycles. The molecule has 2 nitrogen and oxygen atoms in total. The second kappa shape index (κ2) is 13.7. The van der Waals surface area contributed by atoms with E-state index in [2.05, 4.69) is 195 Å². The third-order valence-electron chi connectivity index (χ3n) is 11.9. The minimum absolute atomic E-state index is 0.550. The molecule has 2 aliphatic heterocycles. The second-order valence-corrected chi connectivity index (χ2v) is 15.2. The van der Waals surface area contributed by atoms with E-state index in [0.29, 0.717) is 12.0 Å². The van der Waals surface area contributed by atoms with Crippen LogP contribution in [0.1, 0.15) is 30.5 Å². The van der Waals surface area contributed by atoms with Crippen molar-refractivity contribution in [1.29, 1.82) is 0 Å². The summed E-state index contributed by atoms with van der Waals surface area (Å²) >= 11 is 0. The summed E-state index contributed by atoms with van der Waals surface area (Å²) in [5.74, 6) is 0.630. The number of rotatable bonds is 6. The van der Waals surface area contributed by atoms with Gasteiger partial charge in [0.05, 0.1) is 6.67 Å². The molecular weight excluding hydrogens is 641 g/mol. The van der Waals surface area contributed by atoms with Gasteiger partial charge in [-0.1, -0.05) is 153 Å². The lowest BCUT2D eigenvalue weighted by Gasteiger charge is -2.49. The fourth-order valence-electron chi connectivity index (χ4n) is 8.83. The lowest BCUT2D eigenvalue weighted by atomic mass is 9.74. The first-order valence-corrected chi connectivity index (χ1v) is 19.1. The first-order valence-electron chi connectivity index (χ1n) is 19.1. The molecule has 7 aromatic carbocycles. The average molecular weight is 687 g/mol. The maximum absolute atomic E-state index is 2.66. The van der Waals surface area contributed by atoms with Gasteiger partial charge in [0.25, 0.3) is 0 Å². The first kappa shape index (κ1) is 33.2. The normalized spacial score (nSPS) is 17.7. The molecular formula is C51H46N2. The molecule has 0 radical (unpaired) electrons. The van der Waals surface area contributed by atoms with Gasteiger partial charge in [-0.15, -0.1) is 0 Å². The Kier molecular flexibility index (Phi) is 8.57. The Morgan fingerprint density at radius 2 is 0.849 bits per heavy atom. The highest BCUT2D eigenvalue weighted by Gasteiger charge is 2.35. The van der Waals surface area contributed by atoms with Crippen LogP contribution in [0.25, 0.3) is 66.8 Å². The molecule has 1 saturated heterocycles. The Labute approximate surface area is 315 Å². The van der Waals surface area contributed by atoms with Crippen molar-refractivity contribution in [3.05, 3.63) is 174 Å². The predicted molar refractivity (Wildman–Crippen MR) is 225 cm³/mol. The van der Waals surface area contributed by atoms with Crippen LogP contribution in [0.5, 0.6) is 0 Å². The van der Waals surface area contributed by atoms with Crippen LogP contribution in [0.3, 0.4) is 0 Å². The average Bonchev–Trinajstić information content (AvgIpc) is 3.21. The van der Waals surface area contributed by atoms with Crippen molar-refractivity contribution in [2.45, 2.75) is 40.3 Å². The van der Waals surface area contributed by atoms with Gasteiger partial charge in [0.2, 0.25) is 0 Å². The highest BCUT2D eigenvalue weighted by atomic mass is 15.4. The molecule has 0 amide bonds. The van der Waals surface area contributed by atoms with E-state index in [1.165, 1.54) is 89.1 Å². The zero-order valence-corrected chi connectivity index (χ0v) is 31.2. The highest BCUT2D eigenvalue weighted by Crippen LogP contribution is 2.56. The molecule has 7 aromatic rings. The van der Waals surface area contributed by atoms with E-state index in [4.69, 9.17) is 0 Å². The second-order valence-electron chi connectivity index (χ2n) is 15.2. The minimum Gasteiger partial charge on any atom is -0.358 e. The van der Waals surface area contributed by atoms with Crippen LogP contribution in [0.4, 0.5) is 5.69 Å². The summed E-state index contributed by atoms with van der Waals surface area (Å²) in [7, 11) is 0. The molecule has 260 valence electrons. The standard InChI is InChI=1S/C51H46N2/c1-34-25-26-42(29-35(34)2)50-46(38-17-9-5-10-18-38)48(40-21-13-7-14-22-40)51(49(41-23-15-8-16-24-41)47(50)39-19-11-6-12-20-39)43-27-28-45-44(30-43)32-52-33-53(45)31-36(3)37(52)4/h5-30,36-37H,31-33H2,1-4H3. The van der Waals surface area contributed by atoms with Gasteiger partial charge >= 0.3 is 0 Å². The summed E-state index contributed by atoms with van der Waals surface area (Å²) in [6.45, 7) is 12.3. The zero-order valence-electron chi connectivity index (χ0n) is 31.2. The summed E-state index contributed by atoms with van der Waals surface area (Å²) in [5.41, 5.74) is 20.3. The smallest absolute Gasteiger partial charge is 0.0712 e. The van der Waals surface area contributed by atoms with Crippen LogP contribution in [0.15, 0.2) is 158 Å². The molecule has 53 heavy (non-hydrogen) atoms. The van der Waals surface area contributed by atoms with Crippen LogP contribution in [-0.4, -0.2) is 24.2 Å². The molecule has 0 N–H and O–H groups in total. The summed E-state index contributed by atoms with van der Waals surface area (Å²) in [6.07, 6.45) is 0. The third-order valence-corrected chi connectivity index (χ3v) is 11.9. The molecule has 1 fully saturated rings. The Balaban J connectivity index is 1.49. The molecule has 2 bridgehead atoms. The van der Waals surface area contributed by atoms with Crippen LogP contribution in [0.2, 0.25) is 0 Å². The summed E-state index contributed by atoms with van der Waals surface area (Å²) in [4.78, 5) is 5.25. The largest absolute Gasteiger partial charge is 0.358 e. The van der Waals surface area contributed by atoms with Crippen molar-refractivity contribution in [3.8, 4) is 66.8 Å². The van der Waals surface area contributed by atoms with E-state index in [1.807, 2.05) is 0 Å². The number of benzene rings is 7. The molecule has 9 rings (SSSR count). The Morgan fingerprint density at radius 3 is 1.30 bits per heavy atom. The van der Waals surface area contributed by atoms with Crippen LogP contribution < -0.4 is 4.90 Å². The molecule has 0 aromatic heterocycles. The zero-order chi connectivity index (χ0) is 36.1. The number of hydrogen-bond acceptors (Lipinski definition) is 2. The number of hydrogen-bond donors (Lipinski definition) is 0. The first-order chi connectivity index (χ1) is 26.0. The molecule has 2 aliphatic rings. The van der Waals surface area contributed by atoms with Gasteiger partial charge in [0, 0.05) is 24.8 Å². The lowest BCUT2D eigenvalue weighted by Crippen LogP contribution is -2.56. The number of fused-ring (bicyclic) bond motifs is 4. The van der Waals surface area contributed by atoms with Crippen molar-refractivity contribution < 1.29 is 0 Å². The molecule has 3 unspecified atom stereocenters. The van der Waals surface area contributed by atoms with Gasteiger partial charge in [-0.2, -0.15) is 0 Å². The van der Waals surface area contributed by atoms with Crippen molar-refractivity contribution in [2.24, 2.45) is 5.92 Å². The molecule has 0 aliphatic carbocycles. The third kappa shape index (κ3) is 5.88. The van der Waals surface area contributed by atoms with Crippen LogP contribution >= 0.6 is 0 Å². The van der Waals surface area contributed by atoms with Gasteiger partial charge in [-0.05, 0) is 122 Å². The van der Waals surface area contributed by atoms with E-state index in [0.717, 1.165) is 19.8 Å². The summed E-state index contributed by atoms with van der Waals surface area (Å²) in [6, 6.07) is 59.3. The van der Waals surface area contributed by atoms with E-state index < -0.39 is 0 Å². The van der Waals surface area contributed by atoms with Gasteiger partial charge in [0.15, 0.2) is 0 Å². The van der Waals surface area contributed by atoms with E-state index >= 15 is 0 Å². The minimum atomic E-state index is 0.550. The van der Waals surface area contributed by atoms with Crippen LogP contribution in [-0.2, 0) is 6.54 Å². The fraction of sp³-hybridized carbons (Fsp3) is 0.176. The lowest BCUT2D eigenvalue weighted by molar-refractivity contribution is 0.111. The molecule has 0 spiro atoms. The van der Waals surface area contributed by atoms with Crippen molar-refractivity contribution in [3.63, 3.8) is 0 Å². The van der Waals surface area contributed by atoms with Crippen LogP contribution in [0, 0.1) is 19.8 Å². The molecule has 0 saturated carbocycles. The van der Waals surface area contributed by atoms with Gasteiger partial charge in [-0.25, -0.2) is 0 Å². The summed E-state index contributed by atoms with van der Waals surface area (Å²) in [5, 5.41) is 0. The Bertz CT molecular complexity index is 2310. The summed E-state index contributed by atoms with van der Waals surface area (Å²) < 4.78 is 0. The highest BCUT2D eigenvalue weighted by molar-refractivity contribution is 6.15. The fourth-order valence-corrected chi connectivity index (χ4v) is 8.83. The topological polar surface area (TPSA) is 6.48 Å². The Hall–Kier alpha value is -5.70. The van der Waals surface area contributed by atoms with Crippen molar-refractivity contribution in [1.82, 2.24) is 4.90 Å². The SMILES string of the molecule is Cc1ccc(-c2c(-c3ccccc3)c(-c3ccccc3)c(-c3ccc4c(c3)CN3CN4CC(C)C3C)c(-c3ccccc3)c2-c2ccccc2)cc1C. The number of nitrogens with zero attached hydrogens (tertiary/aromatic N) is 2. The van der Waals surface area contributed by atoms with Gasteiger partial charge in [0.1, 0.15) is 0 Å². The van der Waals surface area contributed by atoms with E-state index in [1.54, 1.807) is 0 Å². The van der Waals surface area contributed by atoms with E-state index in [9.17, 15) is 0 Å². The van der Waals surface area contributed by atoms with E-state index in [-0.39, 0.29) is 0 Å². The number of anilines is 1. The number of aryl methyl sites for hydroxylation is 2. The van der Waals surface area contributed by atoms with Gasteiger partial charge in [-0.3, -0.25) is 4.90 Å². The molecule has 2 heteroatoms. The monoisotopic (exact) mass is 686 g/mol. The van der Waals surface area contributed by atoms with Crippen molar-refractivity contribution in [2.75, 3.05) is 18.1 Å². The maximum atomic E-state index is 2.66.